The summed E-state index contributed by atoms with van der Waals surface area (Å²) in [6.07, 6.45) is 3.38. The zero-order chi connectivity index (χ0) is 7.28. The van der Waals surface area contributed by atoms with Gasteiger partial charge in [0.05, 0.1) is 0 Å². The minimum Gasteiger partial charge on any atom is -0.510 e. The van der Waals surface area contributed by atoms with Crippen LogP contribution in [0.3, 0.4) is 0 Å². The molecule has 0 aliphatic carbocycles. The van der Waals surface area contributed by atoms with Crippen molar-refractivity contribution in [2.75, 3.05) is 6.61 Å². The molecule has 0 unspecified atom stereocenters. The largest absolute Gasteiger partial charge is 0.510 e. The molecule has 0 fully saturated rings. The molecule has 0 aliphatic heterocycles. The van der Waals surface area contributed by atoms with Gasteiger partial charge in [0.1, 0.15) is 12.4 Å². The molecule has 0 aromatic rings. The lowest BCUT2D eigenvalue weighted by atomic mass is 10.2. The summed E-state index contributed by atoms with van der Waals surface area (Å²) < 4.78 is 0. The van der Waals surface area contributed by atoms with Gasteiger partial charge < -0.3 is 10.2 Å². The molecule has 0 amide bonds. The van der Waals surface area contributed by atoms with E-state index in [4.69, 9.17) is 10.2 Å². The SMILES string of the molecule is CC=C(C)C=C(O)CO. The van der Waals surface area contributed by atoms with Crippen LogP contribution in [-0.2, 0) is 0 Å². The summed E-state index contributed by atoms with van der Waals surface area (Å²) in [5.74, 6) is 0.00519. The molecule has 0 rings (SSSR count). The third-order valence-corrected chi connectivity index (χ3v) is 1.01. The molecule has 52 valence electrons. The molecule has 0 spiro atoms. The van der Waals surface area contributed by atoms with Crippen molar-refractivity contribution in [1.29, 1.82) is 0 Å². The summed E-state index contributed by atoms with van der Waals surface area (Å²) in [5, 5.41) is 17.1. The van der Waals surface area contributed by atoms with E-state index in [1.54, 1.807) is 0 Å². The number of hydrogen-bond donors (Lipinski definition) is 2. The Morgan fingerprint density at radius 3 is 2.44 bits per heavy atom. The molecule has 2 nitrogen and oxygen atoms in total. The summed E-state index contributed by atoms with van der Waals surface area (Å²) in [6.45, 7) is 3.44. The van der Waals surface area contributed by atoms with Gasteiger partial charge in [-0.25, -0.2) is 0 Å². The highest BCUT2D eigenvalue weighted by atomic mass is 16.3. The van der Waals surface area contributed by atoms with E-state index in [0.717, 1.165) is 5.57 Å². The molecule has 0 atom stereocenters. The first kappa shape index (κ1) is 8.24. The van der Waals surface area contributed by atoms with E-state index in [1.807, 2.05) is 19.9 Å². The Hall–Kier alpha value is -0.760. The monoisotopic (exact) mass is 128 g/mol. The predicted molar refractivity (Wildman–Crippen MR) is 37.2 cm³/mol. The van der Waals surface area contributed by atoms with Crippen LogP contribution in [0, 0.1) is 0 Å². The first-order valence-corrected chi connectivity index (χ1v) is 2.84. The fraction of sp³-hybridized carbons (Fsp3) is 0.429. The summed E-state index contributed by atoms with van der Waals surface area (Å²) in [4.78, 5) is 0. The van der Waals surface area contributed by atoms with Crippen molar-refractivity contribution in [3.63, 3.8) is 0 Å². The van der Waals surface area contributed by atoms with Gasteiger partial charge in [0.15, 0.2) is 0 Å². The van der Waals surface area contributed by atoms with E-state index < -0.39 is 0 Å². The number of allylic oxidation sites excluding steroid dienone is 3. The minimum absolute atomic E-state index is 0.00519. The zero-order valence-electron chi connectivity index (χ0n) is 5.76. The van der Waals surface area contributed by atoms with Gasteiger partial charge in [-0.3, -0.25) is 0 Å². The summed E-state index contributed by atoms with van der Waals surface area (Å²) >= 11 is 0. The summed E-state index contributed by atoms with van der Waals surface area (Å²) in [7, 11) is 0. The average Bonchev–Trinajstić information content (AvgIpc) is 1.87. The Bertz CT molecular complexity index is 134. The maximum absolute atomic E-state index is 8.73. The van der Waals surface area contributed by atoms with Crippen molar-refractivity contribution in [3.8, 4) is 0 Å². The van der Waals surface area contributed by atoms with Crippen LogP contribution in [0.2, 0.25) is 0 Å². The first-order valence-electron chi connectivity index (χ1n) is 2.84. The van der Waals surface area contributed by atoms with Gasteiger partial charge >= 0.3 is 0 Å². The van der Waals surface area contributed by atoms with E-state index in [2.05, 4.69) is 0 Å². The van der Waals surface area contributed by atoms with Crippen LogP contribution in [0.1, 0.15) is 13.8 Å². The van der Waals surface area contributed by atoms with Gasteiger partial charge in [-0.15, -0.1) is 0 Å². The molecule has 0 aromatic heterocycles. The molecule has 0 saturated carbocycles. The Labute approximate surface area is 55.1 Å². The first-order chi connectivity index (χ1) is 4.20. The van der Waals surface area contributed by atoms with Crippen molar-refractivity contribution < 1.29 is 10.2 Å². The molecule has 2 N–H and O–H groups in total. The minimum atomic E-state index is -0.287. The standard InChI is InChI=1S/C7H12O2/c1-3-6(2)4-7(9)5-8/h3-4,8-9H,5H2,1-2H3. The fourth-order valence-corrected chi connectivity index (χ4v) is 0.392. The maximum atomic E-state index is 8.73. The number of aliphatic hydroxyl groups is 2. The second-order valence-electron chi connectivity index (χ2n) is 1.83. The zero-order valence-corrected chi connectivity index (χ0v) is 5.76. The average molecular weight is 128 g/mol. The van der Waals surface area contributed by atoms with Crippen LogP contribution < -0.4 is 0 Å². The second-order valence-corrected chi connectivity index (χ2v) is 1.83. The van der Waals surface area contributed by atoms with Crippen molar-refractivity contribution >= 4 is 0 Å². The Kier molecular flexibility index (Phi) is 3.80. The Morgan fingerprint density at radius 1 is 1.56 bits per heavy atom. The van der Waals surface area contributed by atoms with E-state index in [1.165, 1.54) is 6.08 Å². The Balaban J connectivity index is 3.95. The molecule has 2 heteroatoms. The van der Waals surface area contributed by atoms with Gasteiger partial charge in [0.2, 0.25) is 0 Å². The molecule has 0 saturated heterocycles. The van der Waals surface area contributed by atoms with E-state index in [9.17, 15) is 0 Å². The van der Waals surface area contributed by atoms with E-state index in [-0.39, 0.29) is 12.4 Å². The van der Waals surface area contributed by atoms with Crippen LogP contribution in [0.5, 0.6) is 0 Å². The third-order valence-electron chi connectivity index (χ3n) is 1.01. The van der Waals surface area contributed by atoms with Crippen molar-refractivity contribution in [2.24, 2.45) is 0 Å². The van der Waals surface area contributed by atoms with Gasteiger partial charge in [-0.1, -0.05) is 11.6 Å². The van der Waals surface area contributed by atoms with Crippen molar-refractivity contribution in [2.45, 2.75) is 13.8 Å². The molecule has 0 aromatic carbocycles. The number of rotatable bonds is 2. The van der Waals surface area contributed by atoms with Gasteiger partial charge in [0, 0.05) is 0 Å². The van der Waals surface area contributed by atoms with Gasteiger partial charge in [-0.2, -0.15) is 0 Å². The fourth-order valence-electron chi connectivity index (χ4n) is 0.392. The molecule has 0 heterocycles. The van der Waals surface area contributed by atoms with Crippen LogP contribution >= 0.6 is 0 Å². The van der Waals surface area contributed by atoms with Crippen LogP contribution in [0.25, 0.3) is 0 Å². The van der Waals surface area contributed by atoms with E-state index in [0.29, 0.717) is 0 Å². The topological polar surface area (TPSA) is 40.5 Å². The molecular formula is C7H12O2. The molecule has 0 radical (unpaired) electrons. The Morgan fingerprint density at radius 2 is 2.11 bits per heavy atom. The number of aliphatic hydroxyl groups excluding tert-OH is 2. The predicted octanol–water partition coefficient (Wildman–Crippen LogP) is 1.39. The smallest absolute Gasteiger partial charge is 0.118 e. The second kappa shape index (κ2) is 4.15. The van der Waals surface area contributed by atoms with Crippen LogP contribution in [0.15, 0.2) is 23.5 Å². The highest BCUT2D eigenvalue weighted by Crippen LogP contribution is 1.97. The van der Waals surface area contributed by atoms with Crippen LogP contribution in [-0.4, -0.2) is 16.8 Å². The normalized spacial score (nSPS) is 14.1. The van der Waals surface area contributed by atoms with Crippen LogP contribution in [0.4, 0.5) is 0 Å². The highest BCUT2D eigenvalue weighted by Gasteiger charge is 1.86. The lowest BCUT2D eigenvalue weighted by Gasteiger charge is -1.92. The lowest BCUT2D eigenvalue weighted by molar-refractivity contribution is 0.253. The molecule has 0 bridgehead atoms. The molecule has 9 heavy (non-hydrogen) atoms. The van der Waals surface area contributed by atoms with Crippen molar-refractivity contribution in [1.82, 2.24) is 0 Å². The highest BCUT2D eigenvalue weighted by molar-refractivity contribution is 5.17. The quantitative estimate of drug-likeness (QED) is 0.435. The number of hydrogen-bond acceptors (Lipinski definition) is 2. The van der Waals surface area contributed by atoms with Gasteiger partial charge in [-0.05, 0) is 19.9 Å². The maximum Gasteiger partial charge on any atom is 0.118 e. The lowest BCUT2D eigenvalue weighted by Crippen LogP contribution is -1.87. The van der Waals surface area contributed by atoms with E-state index >= 15 is 0 Å². The molecular weight excluding hydrogens is 116 g/mol. The van der Waals surface area contributed by atoms with Crippen molar-refractivity contribution in [3.05, 3.63) is 23.5 Å². The van der Waals surface area contributed by atoms with Gasteiger partial charge in [0.25, 0.3) is 0 Å². The summed E-state index contributed by atoms with van der Waals surface area (Å²) in [5.41, 5.74) is 0.946. The third kappa shape index (κ3) is 3.79. The molecule has 0 aliphatic rings. The summed E-state index contributed by atoms with van der Waals surface area (Å²) in [6, 6.07) is 0.